The van der Waals surface area contributed by atoms with Gasteiger partial charge >= 0.3 is 0 Å². The number of nitrogens with zero attached hydrogens (tertiary/aromatic N) is 1. The molecule has 1 aliphatic carbocycles. The van der Waals surface area contributed by atoms with E-state index in [1.54, 1.807) is 0 Å². The highest BCUT2D eigenvalue weighted by molar-refractivity contribution is 5.51. The Balaban J connectivity index is 2.19. The van der Waals surface area contributed by atoms with Gasteiger partial charge in [-0.25, -0.2) is 4.39 Å². The first kappa shape index (κ1) is 11.8. The molecule has 1 saturated carbocycles. The van der Waals surface area contributed by atoms with E-state index >= 15 is 0 Å². The molecular weight excluding hydrogens is 223 g/mol. The lowest BCUT2D eigenvalue weighted by molar-refractivity contribution is -0.385. The minimum Gasteiger partial charge on any atom is -0.378 e. The summed E-state index contributed by atoms with van der Waals surface area (Å²) < 4.78 is 13.7. The Kier molecular flexibility index (Phi) is 3.00. The highest BCUT2D eigenvalue weighted by Crippen LogP contribution is 2.33. The summed E-state index contributed by atoms with van der Waals surface area (Å²) in [5.74, 6) is -0.563. The van der Waals surface area contributed by atoms with Gasteiger partial charge in [0, 0.05) is 11.6 Å². The molecule has 4 nitrogen and oxygen atoms in total. The minimum atomic E-state index is -0.593. The topological polar surface area (TPSA) is 55.2 Å². The van der Waals surface area contributed by atoms with Crippen molar-refractivity contribution in [1.82, 2.24) is 0 Å². The van der Waals surface area contributed by atoms with Gasteiger partial charge in [0.2, 0.25) is 0 Å². The molecule has 2 rings (SSSR count). The van der Waals surface area contributed by atoms with Crippen molar-refractivity contribution in [3.05, 3.63) is 34.1 Å². The Morgan fingerprint density at radius 3 is 2.59 bits per heavy atom. The Morgan fingerprint density at radius 1 is 1.41 bits per heavy atom. The monoisotopic (exact) mass is 238 g/mol. The van der Waals surface area contributed by atoms with Gasteiger partial charge in [-0.05, 0) is 25.8 Å². The largest absolute Gasteiger partial charge is 0.378 e. The standard InChI is InChI=1S/C12H15FN2O2/c1-12(6-2-3-7-12)14-11-5-4-9(15(16)17)8-10(11)13/h4-5,8,14H,2-3,6-7H2,1H3. The maximum Gasteiger partial charge on any atom is 0.272 e. The first-order valence-corrected chi connectivity index (χ1v) is 5.72. The molecule has 0 atom stereocenters. The van der Waals surface area contributed by atoms with Crippen molar-refractivity contribution < 1.29 is 9.31 Å². The highest BCUT2D eigenvalue weighted by Gasteiger charge is 2.29. The number of hydrogen-bond donors (Lipinski definition) is 1. The number of rotatable bonds is 3. The van der Waals surface area contributed by atoms with E-state index in [0.29, 0.717) is 5.69 Å². The Hall–Kier alpha value is -1.65. The summed E-state index contributed by atoms with van der Waals surface area (Å²) in [5.41, 5.74) is 0.0429. The van der Waals surface area contributed by atoms with Gasteiger partial charge in [0.15, 0.2) is 5.82 Å². The zero-order valence-corrected chi connectivity index (χ0v) is 9.70. The third-order valence-electron chi connectivity index (χ3n) is 3.31. The van der Waals surface area contributed by atoms with Crippen molar-refractivity contribution in [1.29, 1.82) is 0 Å². The van der Waals surface area contributed by atoms with Crippen molar-refractivity contribution in [2.24, 2.45) is 0 Å². The first-order valence-electron chi connectivity index (χ1n) is 5.72. The average molecular weight is 238 g/mol. The van der Waals surface area contributed by atoms with Crippen LogP contribution in [0.5, 0.6) is 0 Å². The van der Waals surface area contributed by atoms with Gasteiger partial charge in [-0.2, -0.15) is 0 Å². The molecule has 1 aliphatic rings. The van der Waals surface area contributed by atoms with Crippen LogP contribution in [-0.4, -0.2) is 10.5 Å². The van der Waals surface area contributed by atoms with E-state index in [1.165, 1.54) is 12.1 Å². The smallest absolute Gasteiger partial charge is 0.272 e. The molecule has 1 aromatic rings. The molecule has 0 amide bonds. The van der Waals surface area contributed by atoms with E-state index in [4.69, 9.17) is 0 Å². The summed E-state index contributed by atoms with van der Waals surface area (Å²) in [7, 11) is 0. The molecule has 0 aliphatic heterocycles. The molecule has 0 aromatic heterocycles. The number of anilines is 1. The van der Waals surface area contributed by atoms with Crippen molar-refractivity contribution >= 4 is 11.4 Å². The van der Waals surface area contributed by atoms with Gasteiger partial charge in [0.05, 0.1) is 16.7 Å². The second-order valence-corrected chi connectivity index (χ2v) is 4.81. The number of halogens is 1. The minimum absolute atomic E-state index is 0.0863. The number of hydrogen-bond acceptors (Lipinski definition) is 3. The van der Waals surface area contributed by atoms with E-state index in [9.17, 15) is 14.5 Å². The summed E-state index contributed by atoms with van der Waals surface area (Å²) in [6, 6.07) is 3.72. The second-order valence-electron chi connectivity index (χ2n) is 4.81. The van der Waals surface area contributed by atoms with Crippen LogP contribution in [0.1, 0.15) is 32.6 Å². The van der Waals surface area contributed by atoms with Crippen molar-refractivity contribution in [2.75, 3.05) is 5.32 Å². The number of non-ortho nitro benzene ring substituents is 1. The zero-order valence-electron chi connectivity index (χ0n) is 9.70. The quantitative estimate of drug-likeness (QED) is 0.648. The normalized spacial score (nSPS) is 18.0. The van der Waals surface area contributed by atoms with Crippen molar-refractivity contribution in [3.8, 4) is 0 Å². The molecule has 17 heavy (non-hydrogen) atoms. The molecule has 0 unspecified atom stereocenters. The lowest BCUT2D eigenvalue weighted by Crippen LogP contribution is -2.31. The second kappa shape index (κ2) is 4.31. The van der Waals surface area contributed by atoms with Crippen LogP contribution in [0.15, 0.2) is 18.2 Å². The van der Waals surface area contributed by atoms with Crippen LogP contribution in [0.2, 0.25) is 0 Å². The summed E-state index contributed by atoms with van der Waals surface area (Å²) in [4.78, 5) is 9.90. The SMILES string of the molecule is CC1(Nc2ccc([N+](=O)[O-])cc2F)CCCC1. The van der Waals surface area contributed by atoms with Gasteiger partial charge in [-0.15, -0.1) is 0 Å². The van der Waals surface area contributed by atoms with E-state index in [0.717, 1.165) is 31.7 Å². The predicted molar refractivity (Wildman–Crippen MR) is 63.6 cm³/mol. The van der Waals surface area contributed by atoms with Crippen LogP contribution in [-0.2, 0) is 0 Å². The van der Waals surface area contributed by atoms with Gasteiger partial charge in [0.25, 0.3) is 5.69 Å². The van der Waals surface area contributed by atoms with Crippen molar-refractivity contribution in [3.63, 3.8) is 0 Å². The van der Waals surface area contributed by atoms with E-state index < -0.39 is 10.7 Å². The van der Waals surface area contributed by atoms with Gasteiger partial charge in [-0.3, -0.25) is 10.1 Å². The van der Waals surface area contributed by atoms with Gasteiger partial charge < -0.3 is 5.32 Å². The lowest BCUT2D eigenvalue weighted by Gasteiger charge is -2.26. The zero-order chi connectivity index (χ0) is 12.5. The fourth-order valence-electron chi connectivity index (χ4n) is 2.32. The molecule has 0 saturated heterocycles. The van der Waals surface area contributed by atoms with Crippen LogP contribution in [0.3, 0.4) is 0 Å². The Bertz CT molecular complexity index is 442. The molecule has 92 valence electrons. The highest BCUT2D eigenvalue weighted by atomic mass is 19.1. The fourth-order valence-corrected chi connectivity index (χ4v) is 2.32. The average Bonchev–Trinajstić information content (AvgIpc) is 2.68. The molecular formula is C12H15FN2O2. The van der Waals surface area contributed by atoms with Crippen LogP contribution in [0.4, 0.5) is 15.8 Å². The van der Waals surface area contributed by atoms with E-state index in [2.05, 4.69) is 12.2 Å². The van der Waals surface area contributed by atoms with Crippen LogP contribution in [0, 0.1) is 15.9 Å². The number of nitro groups is 1. The maximum absolute atomic E-state index is 13.7. The lowest BCUT2D eigenvalue weighted by atomic mass is 10.00. The van der Waals surface area contributed by atoms with Crippen molar-refractivity contribution in [2.45, 2.75) is 38.1 Å². The van der Waals surface area contributed by atoms with Crippen LogP contribution in [0.25, 0.3) is 0 Å². The molecule has 0 spiro atoms. The third-order valence-corrected chi connectivity index (χ3v) is 3.31. The Morgan fingerprint density at radius 2 is 2.06 bits per heavy atom. The Labute approximate surface area is 99.0 Å². The van der Waals surface area contributed by atoms with Crippen LogP contribution < -0.4 is 5.32 Å². The predicted octanol–water partition coefficient (Wildman–Crippen LogP) is 3.48. The van der Waals surface area contributed by atoms with E-state index in [1.807, 2.05) is 0 Å². The number of nitrogens with one attached hydrogen (secondary N) is 1. The van der Waals surface area contributed by atoms with E-state index in [-0.39, 0.29) is 11.2 Å². The molecule has 1 N–H and O–H groups in total. The van der Waals surface area contributed by atoms with Gasteiger partial charge in [0.1, 0.15) is 0 Å². The molecule has 1 aromatic carbocycles. The fraction of sp³-hybridized carbons (Fsp3) is 0.500. The summed E-state index contributed by atoms with van der Waals surface area (Å²) in [5, 5.41) is 13.6. The molecule has 0 bridgehead atoms. The molecule has 5 heteroatoms. The first-order chi connectivity index (χ1) is 8.00. The maximum atomic E-state index is 13.7. The molecule has 1 fully saturated rings. The third kappa shape index (κ3) is 2.54. The molecule has 0 heterocycles. The van der Waals surface area contributed by atoms with Crippen LogP contribution >= 0.6 is 0 Å². The summed E-state index contributed by atoms with van der Waals surface area (Å²) >= 11 is 0. The summed E-state index contributed by atoms with van der Waals surface area (Å²) in [6.07, 6.45) is 4.28. The summed E-state index contributed by atoms with van der Waals surface area (Å²) in [6.45, 7) is 2.06. The van der Waals surface area contributed by atoms with Gasteiger partial charge in [-0.1, -0.05) is 12.8 Å². The number of benzene rings is 1. The molecule has 0 radical (unpaired) electrons. The number of nitro benzene ring substituents is 1.